The summed E-state index contributed by atoms with van der Waals surface area (Å²) in [6.07, 6.45) is 0.214. The number of nitrogens with one attached hydrogen (secondary N) is 1. The zero-order valence-electron chi connectivity index (χ0n) is 12.1. The molecule has 112 valence electrons. The van der Waals surface area contributed by atoms with E-state index in [0.29, 0.717) is 23.9 Å². The molecule has 0 fully saturated rings. The summed E-state index contributed by atoms with van der Waals surface area (Å²) in [5, 5.41) is 13.0. The molecule has 0 radical (unpaired) electrons. The number of carbonyl (C=O) groups is 1. The maximum absolute atomic E-state index is 11.9. The van der Waals surface area contributed by atoms with Crippen LogP contribution in [0, 0.1) is 5.92 Å². The summed E-state index contributed by atoms with van der Waals surface area (Å²) in [4.78, 5) is 12.9. The van der Waals surface area contributed by atoms with Gasteiger partial charge in [-0.25, -0.2) is 0 Å². The number of rotatable bonds is 7. The average Bonchev–Trinajstić information content (AvgIpc) is 2.37. The number of benzene rings is 1. The van der Waals surface area contributed by atoms with Gasteiger partial charge in [0.2, 0.25) is 5.91 Å². The fourth-order valence-electron chi connectivity index (χ4n) is 1.76. The van der Waals surface area contributed by atoms with E-state index in [4.69, 9.17) is 11.6 Å². The van der Waals surface area contributed by atoms with Gasteiger partial charge in [0.15, 0.2) is 0 Å². The van der Waals surface area contributed by atoms with Crippen molar-refractivity contribution in [2.75, 3.05) is 6.54 Å². The molecule has 1 aromatic carbocycles. The molecule has 0 aliphatic heterocycles. The number of aliphatic hydroxyl groups excluding tert-OH is 1. The maximum Gasteiger partial charge on any atom is 0.233 e. The summed E-state index contributed by atoms with van der Waals surface area (Å²) in [5.41, 5.74) is 0. The quantitative estimate of drug-likeness (QED) is 0.759. The maximum atomic E-state index is 11.9. The van der Waals surface area contributed by atoms with Crippen LogP contribution < -0.4 is 5.32 Å². The molecule has 3 nitrogen and oxygen atoms in total. The second kappa shape index (κ2) is 8.55. The van der Waals surface area contributed by atoms with Crippen LogP contribution in [0.5, 0.6) is 0 Å². The first-order valence-corrected chi connectivity index (χ1v) is 8.02. The van der Waals surface area contributed by atoms with Crippen molar-refractivity contribution in [2.24, 2.45) is 5.92 Å². The Balaban J connectivity index is 2.37. The van der Waals surface area contributed by atoms with Gasteiger partial charge in [-0.3, -0.25) is 4.79 Å². The van der Waals surface area contributed by atoms with E-state index in [1.54, 1.807) is 12.1 Å². The monoisotopic (exact) mass is 315 g/mol. The molecule has 0 aliphatic carbocycles. The largest absolute Gasteiger partial charge is 0.391 e. The van der Waals surface area contributed by atoms with Crippen molar-refractivity contribution in [3.8, 4) is 0 Å². The fraction of sp³-hybridized carbons (Fsp3) is 0.533. The molecule has 20 heavy (non-hydrogen) atoms. The van der Waals surface area contributed by atoms with Gasteiger partial charge in [-0.2, -0.15) is 0 Å². The molecule has 2 unspecified atom stereocenters. The second-order valence-electron chi connectivity index (χ2n) is 5.24. The molecule has 1 amide bonds. The fourth-order valence-corrected chi connectivity index (χ4v) is 2.78. The van der Waals surface area contributed by atoms with Gasteiger partial charge in [0.25, 0.3) is 0 Å². The third kappa shape index (κ3) is 6.64. The molecule has 2 N–H and O–H groups in total. The van der Waals surface area contributed by atoms with Crippen molar-refractivity contribution in [3.05, 3.63) is 29.3 Å². The summed E-state index contributed by atoms with van der Waals surface area (Å²) in [5.74, 6) is 0.357. The molecule has 2 atom stereocenters. The van der Waals surface area contributed by atoms with Gasteiger partial charge in [-0.05, 0) is 43.5 Å². The highest BCUT2D eigenvalue weighted by atomic mass is 35.5. The van der Waals surface area contributed by atoms with Crippen molar-refractivity contribution in [1.82, 2.24) is 5.32 Å². The number of hydrogen-bond acceptors (Lipinski definition) is 3. The van der Waals surface area contributed by atoms with Crippen molar-refractivity contribution in [3.63, 3.8) is 0 Å². The topological polar surface area (TPSA) is 49.3 Å². The lowest BCUT2D eigenvalue weighted by atomic mass is 10.1. The summed E-state index contributed by atoms with van der Waals surface area (Å²) in [7, 11) is 0. The Hall–Kier alpha value is -0.710. The Morgan fingerprint density at radius 2 is 1.90 bits per heavy atom. The van der Waals surface area contributed by atoms with Crippen LogP contribution in [-0.2, 0) is 4.79 Å². The number of amides is 1. The smallest absolute Gasteiger partial charge is 0.233 e. The van der Waals surface area contributed by atoms with Gasteiger partial charge in [-0.15, -0.1) is 11.8 Å². The van der Waals surface area contributed by atoms with Crippen LogP contribution in [0.1, 0.15) is 27.2 Å². The third-order valence-electron chi connectivity index (χ3n) is 2.75. The van der Waals surface area contributed by atoms with Crippen molar-refractivity contribution < 1.29 is 9.90 Å². The normalized spacial score (nSPS) is 14.1. The molecular weight excluding hydrogens is 294 g/mol. The van der Waals surface area contributed by atoms with Gasteiger partial charge in [0, 0.05) is 16.5 Å². The Morgan fingerprint density at radius 3 is 2.45 bits per heavy atom. The van der Waals surface area contributed by atoms with Crippen LogP contribution in [0.15, 0.2) is 29.2 Å². The Labute approximate surface area is 130 Å². The molecule has 1 rings (SSSR count). The van der Waals surface area contributed by atoms with Crippen LogP contribution >= 0.6 is 23.4 Å². The third-order valence-corrected chi connectivity index (χ3v) is 4.12. The summed E-state index contributed by atoms with van der Waals surface area (Å²) < 4.78 is 0. The van der Waals surface area contributed by atoms with Crippen LogP contribution in [0.2, 0.25) is 5.02 Å². The Bertz CT molecular complexity index is 422. The standard InChI is InChI=1S/C15H22ClNO2S/c1-10(2)8-13(18)9-17-15(19)11(3)20-14-6-4-12(16)5-7-14/h4-7,10-11,13,18H,8-9H2,1-3H3,(H,17,19). The molecule has 0 aromatic heterocycles. The van der Waals surface area contributed by atoms with E-state index in [9.17, 15) is 9.90 Å². The van der Waals surface area contributed by atoms with Crippen LogP contribution in [0.25, 0.3) is 0 Å². The number of carbonyl (C=O) groups excluding carboxylic acids is 1. The Morgan fingerprint density at radius 1 is 1.30 bits per heavy atom. The average molecular weight is 316 g/mol. The van der Waals surface area contributed by atoms with E-state index >= 15 is 0 Å². The molecule has 1 aromatic rings. The number of hydrogen-bond donors (Lipinski definition) is 2. The highest BCUT2D eigenvalue weighted by molar-refractivity contribution is 8.00. The van der Waals surface area contributed by atoms with E-state index in [1.165, 1.54) is 11.8 Å². The molecule has 0 aliphatic rings. The first-order chi connectivity index (χ1) is 9.38. The first kappa shape index (κ1) is 17.3. The minimum atomic E-state index is -0.480. The van der Waals surface area contributed by atoms with Gasteiger partial charge < -0.3 is 10.4 Å². The number of aliphatic hydroxyl groups is 1. The van der Waals surface area contributed by atoms with E-state index < -0.39 is 6.10 Å². The second-order valence-corrected chi connectivity index (χ2v) is 7.09. The minimum absolute atomic E-state index is 0.0623. The summed E-state index contributed by atoms with van der Waals surface area (Å²) in [6.45, 7) is 6.25. The lowest BCUT2D eigenvalue weighted by Gasteiger charge is -2.16. The zero-order valence-corrected chi connectivity index (χ0v) is 13.7. The van der Waals surface area contributed by atoms with E-state index in [-0.39, 0.29) is 11.2 Å². The highest BCUT2D eigenvalue weighted by Gasteiger charge is 2.15. The van der Waals surface area contributed by atoms with Crippen molar-refractivity contribution >= 4 is 29.3 Å². The molecule has 0 saturated carbocycles. The van der Waals surface area contributed by atoms with Crippen molar-refractivity contribution in [1.29, 1.82) is 0 Å². The van der Waals surface area contributed by atoms with Crippen molar-refractivity contribution in [2.45, 2.75) is 43.4 Å². The van der Waals surface area contributed by atoms with E-state index in [2.05, 4.69) is 5.32 Å². The van der Waals surface area contributed by atoms with Gasteiger partial charge >= 0.3 is 0 Å². The van der Waals surface area contributed by atoms with Gasteiger partial charge in [0.05, 0.1) is 11.4 Å². The van der Waals surface area contributed by atoms with Crippen LogP contribution in [-0.4, -0.2) is 28.9 Å². The predicted octanol–water partition coefficient (Wildman–Crippen LogP) is 3.34. The van der Waals surface area contributed by atoms with Gasteiger partial charge in [0.1, 0.15) is 0 Å². The first-order valence-electron chi connectivity index (χ1n) is 6.76. The van der Waals surface area contributed by atoms with Crippen LogP contribution in [0.4, 0.5) is 0 Å². The molecule has 5 heteroatoms. The summed E-state index contributed by atoms with van der Waals surface area (Å²) >= 11 is 7.29. The summed E-state index contributed by atoms with van der Waals surface area (Å²) in [6, 6.07) is 7.40. The number of halogens is 1. The van der Waals surface area contributed by atoms with E-state index in [1.807, 2.05) is 32.9 Å². The molecule has 0 heterocycles. The van der Waals surface area contributed by atoms with Gasteiger partial charge in [-0.1, -0.05) is 25.4 Å². The predicted molar refractivity (Wildman–Crippen MR) is 85.2 cm³/mol. The lowest BCUT2D eigenvalue weighted by Crippen LogP contribution is -2.37. The van der Waals surface area contributed by atoms with Crippen LogP contribution in [0.3, 0.4) is 0 Å². The SMILES string of the molecule is CC(C)CC(O)CNC(=O)C(C)Sc1ccc(Cl)cc1. The van der Waals surface area contributed by atoms with E-state index in [0.717, 1.165) is 4.90 Å². The molecular formula is C15H22ClNO2S. The molecule has 0 spiro atoms. The molecule has 0 saturated heterocycles. The Kier molecular flexibility index (Phi) is 7.41. The lowest BCUT2D eigenvalue weighted by molar-refractivity contribution is -0.120. The minimum Gasteiger partial charge on any atom is -0.391 e. The highest BCUT2D eigenvalue weighted by Crippen LogP contribution is 2.24. The molecule has 0 bridgehead atoms. The zero-order chi connectivity index (χ0) is 15.1. The number of thioether (sulfide) groups is 1.